The topological polar surface area (TPSA) is 91.4 Å². The molecule has 0 atom stereocenters. The molecule has 2 aromatic rings. The van der Waals surface area contributed by atoms with E-state index in [-0.39, 0.29) is 30.8 Å². The number of carbonyl (C=O) groups excluding carboxylic acids is 1. The van der Waals surface area contributed by atoms with Crippen molar-refractivity contribution in [2.75, 3.05) is 18.0 Å². The molecule has 2 aliphatic rings. The van der Waals surface area contributed by atoms with E-state index in [0.717, 1.165) is 11.8 Å². The van der Waals surface area contributed by atoms with Crippen LogP contribution in [0.25, 0.3) is 0 Å². The third-order valence-corrected chi connectivity index (χ3v) is 5.39. The Balaban J connectivity index is 1.48. The van der Waals surface area contributed by atoms with Crippen LogP contribution in [0, 0.1) is 0 Å². The number of amides is 1. The Morgan fingerprint density at radius 3 is 2.63 bits per heavy atom. The number of piperidine rings is 1. The van der Waals surface area contributed by atoms with Crippen LogP contribution in [0.1, 0.15) is 36.6 Å². The second kappa shape index (κ2) is 7.62. The molecular weight excluding hydrogens is 403 g/mol. The summed E-state index contributed by atoms with van der Waals surface area (Å²) in [5.41, 5.74) is -1.45. The molecule has 0 radical (unpaired) electrons. The van der Waals surface area contributed by atoms with Crippen LogP contribution in [0.15, 0.2) is 23.3 Å². The lowest BCUT2D eigenvalue weighted by Crippen LogP contribution is -2.40. The van der Waals surface area contributed by atoms with Crippen LogP contribution in [0.3, 0.4) is 0 Å². The van der Waals surface area contributed by atoms with Crippen molar-refractivity contribution in [2.24, 2.45) is 0 Å². The first-order valence-corrected chi connectivity index (χ1v) is 9.52. The number of ether oxygens (including phenoxy) is 1. The van der Waals surface area contributed by atoms with E-state index < -0.39 is 17.3 Å². The van der Waals surface area contributed by atoms with Crippen molar-refractivity contribution in [1.29, 1.82) is 0 Å². The zero-order valence-corrected chi connectivity index (χ0v) is 16.2. The largest absolute Gasteiger partial charge is 0.489 e. The zero-order chi connectivity index (χ0) is 21.5. The maximum Gasteiger partial charge on any atom is 0.423 e. The van der Waals surface area contributed by atoms with Gasteiger partial charge in [0.2, 0.25) is 5.91 Å². The molecule has 160 valence electrons. The number of aromatic nitrogens is 3. The first-order valence-electron chi connectivity index (χ1n) is 9.52. The van der Waals surface area contributed by atoms with Crippen molar-refractivity contribution in [3.8, 4) is 5.75 Å². The highest BCUT2D eigenvalue weighted by Gasteiger charge is 2.39. The molecule has 0 saturated carbocycles. The van der Waals surface area contributed by atoms with Gasteiger partial charge in [0.05, 0.1) is 30.3 Å². The van der Waals surface area contributed by atoms with Gasteiger partial charge >= 0.3 is 6.18 Å². The fourth-order valence-corrected chi connectivity index (χ4v) is 3.86. The van der Waals surface area contributed by atoms with Gasteiger partial charge in [0.1, 0.15) is 17.4 Å². The van der Waals surface area contributed by atoms with Gasteiger partial charge in [0.25, 0.3) is 5.56 Å². The number of hydrogen-bond donors (Lipinski definition) is 1. The van der Waals surface area contributed by atoms with E-state index in [1.165, 1.54) is 11.8 Å². The van der Waals surface area contributed by atoms with E-state index >= 15 is 0 Å². The van der Waals surface area contributed by atoms with Crippen molar-refractivity contribution in [3.63, 3.8) is 0 Å². The molecule has 1 N–H and O–H groups in total. The minimum Gasteiger partial charge on any atom is -0.489 e. The number of nitrogens with one attached hydrogen (secondary N) is 1. The van der Waals surface area contributed by atoms with Crippen molar-refractivity contribution in [1.82, 2.24) is 20.1 Å². The second-order valence-corrected chi connectivity index (χ2v) is 7.41. The molecule has 1 saturated heterocycles. The summed E-state index contributed by atoms with van der Waals surface area (Å²) in [6.45, 7) is 3.10. The van der Waals surface area contributed by atoms with Gasteiger partial charge in [0, 0.05) is 39.4 Å². The maximum absolute atomic E-state index is 13.4. The molecule has 1 amide bonds. The number of carbonyl (C=O) groups is 1. The monoisotopic (exact) mass is 423 g/mol. The Morgan fingerprint density at radius 2 is 1.97 bits per heavy atom. The highest BCUT2D eigenvalue weighted by molar-refractivity contribution is 5.73. The number of fused-ring (bicyclic) bond motifs is 1. The molecule has 0 unspecified atom stereocenters. The van der Waals surface area contributed by atoms with Gasteiger partial charge in [-0.25, -0.2) is 5.10 Å². The van der Waals surface area contributed by atoms with Gasteiger partial charge < -0.3 is 14.5 Å². The van der Waals surface area contributed by atoms with E-state index in [0.29, 0.717) is 37.4 Å². The Morgan fingerprint density at radius 1 is 1.23 bits per heavy atom. The summed E-state index contributed by atoms with van der Waals surface area (Å²) >= 11 is 0. The number of rotatable bonds is 3. The Hall–Kier alpha value is -3.11. The lowest BCUT2D eigenvalue weighted by Gasteiger charge is -2.31. The number of hydrogen-bond acceptors (Lipinski definition) is 6. The summed E-state index contributed by atoms with van der Waals surface area (Å²) < 4.78 is 46.1. The molecule has 0 aromatic carbocycles. The molecule has 30 heavy (non-hydrogen) atoms. The smallest absolute Gasteiger partial charge is 0.423 e. The van der Waals surface area contributed by atoms with E-state index in [4.69, 9.17) is 4.74 Å². The summed E-state index contributed by atoms with van der Waals surface area (Å²) in [5, 5.41) is 5.37. The third kappa shape index (κ3) is 3.96. The molecule has 0 spiro atoms. The molecule has 4 rings (SSSR count). The second-order valence-electron chi connectivity index (χ2n) is 7.41. The lowest BCUT2D eigenvalue weighted by atomic mass is 10.1. The van der Waals surface area contributed by atoms with Crippen LogP contribution in [0.2, 0.25) is 0 Å². The van der Waals surface area contributed by atoms with E-state index in [2.05, 4.69) is 10.1 Å². The van der Waals surface area contributed by atoms with Crippen LogP contribution in [0.5, 0.6) is 5.75 Å². The number of likely N-dealkylation sites (tertiary alicyclic amines) is 1. The molecule has 0 bridgehead atoms. The highest BCUT2D eigenvalue weighted by atomic mass is 19.4. The first kappa shape index (κ1) is 20.2. The number of H-pyrrole nitrogens is 1. The van der Waals surface area contributed by atoms with Gasteiger partial charge in [-0.15, -0.1) is 0 Å². The predicted molar refractivity (Wildman–Crippen MR) is 99.9 cm³/mol. The van der Waals surface area contributed by atoms with E-state index in [1.54, 1.807) is 17.2 Å². The summed E-state index contributed by atoms with van der Waals surface area (Å²) in [6.07, 6.45) is -0.869. The fourth-order valence-electron chi connectivity index (χ4n) is 3.86. The highest BCUT2D eigenvalue weighted by Crippen LogP contribution is 2.37. The van der Waals surface area contributed by atoms with E-state index in [1.807, 2.05) is 5.10 Å². The van der Waals surface area contributed by atoms with Gasteiger partial charge in [-0.2, -0.15) is 18.3 Å². The molecule has 2 aliphatic heterocycles. The maximum atomic E-state index is 13.4. The number of pyridine rings is 1. The average Bonchev–Trinajstić information content (AvgIpc) is 3.10. The summed E-state index contributed by atoms with van der Waals surface area (Å²) in [4.78, 5) is 30.7. The Labute approximate surface area is 169 Å². The lowest BCUT2D eigenvalue weighted by molar-refractivity contribution is -0.138. The van der Waals surface area contributed by atoms with Crippen LogP contribution in [0.4, 0.5) is 18.9 Å². The van der Waals surface area contributed by atoms with Crippen LogP contribution < -0.4 is 15.2 Å². The Bertz CT molecular complexity index is 1020. The Kier molecular flexibility index (Phi) is 5.12. The van der Waals surface area contributed by atoms with Crippen molar-refractivity contribution >= 4 is 11.6 Å². The average molecular weight is 423 g/mol. The van der Waals surface area contributed by atoms with Gasteiger partial charge in [-0.3, -0.25) is 14.6 Å². The minimum absolute atomic E-state index is 0.0419. The van der Waals surface area contributed by atoms with Gasteiger partial charge in [0.15, 0.2) is 0 Å². The van der Waals surface area contributed by atoms with Gasteiger partial charge in [-0.05, 0) is 11.6 Å². The molecule has 11 heteroatoms. The number of aromatic amines is 1. The summed E-state index contributed by atoms with van der Waals surface area (Å²) in [7, 11) is 0. The quantitative estimate of drug-likeness (QED) is 0.813. The third-order valence-electron chi connectivity index (χ3n) is 5.39. The van der Waals surface area contributed by atoms with Crippen LogP contribution in [-0.2, 0) is 24.1 Å². The number of alkyl halides is 3. The van der Waals surface area contributed by atoms with E-state index in [9.17, 15) is 22.8 Å². The first-order chi connectivity index (χ1) is 14.2. The summed E-state index contributed by atoms with van der Waals surface area (Å²) in [6, 6.07) is 1.77. The normalized spacial score (nSPS) is 17.2. The standard InChI is InChI=1S/C19H20F3N5O3/c1-11(28)26-4-2-13(3-5-26)30-14-6-12-9-27(10-15(12)23-7-14)16-8-24-25-18(29)17(16)19(20,21)22/h6-8,13H,2-5,9-10H2,1H3,(H,25,29). The molecule has 1 fully saturated rings. The summed E-state index contributed by atoms with van der Waals surface area (Å²) in [5.74, 6) is 0.581. The molecule has 4 heterocycles. The minimum atomic E-state index is -4.79. The molecule has 0 aliphatic carbocycles. The molecular formula is C19H20F3N5O3. The number of anilines is 1. The van der Waals surface area contributed by atoms with Crippen molar-refractivity contribution < 1.29 is 22.7 Å². The predicted octanol–water partition coefficient (Wildman–Crippen LogP) is 2.09. The zero-order valence-electron chi connectivity index (χ0n) is 16.2. The molecule has 8 nitrogen and oxygen atoms in total. The van der Waals surface area contributed by atoms with Crippen LogP contribution in [-0.4, -0.2) is 45.2 Å². The van der Waals surface area contributed by atoms with Crippen LogP contribution >= 0.6 is 0 Å². The number of halogens is 3. The van der Waals surface area contributed by atoms with Crippen molar-refractivity contribution in [3.05, 3.63) is 45.6 Å². The van der Waals surface area contributed by atoms with Crippen molar-refractivity contribution in [2.45, 2.75) is 45.1 Å². The van der Waals surface area contributed by atoms with Gasteiger partial charge in [-0.1, -0.05) is 0 Å². The number of nitrogens with zero attached hydrogens (tertiary/aromatic N) is 4. The molecule has 2 aromatic heterocycles. The fraction of sp³-hybridized carbons (Fsp3) is 0.474. The SMILES string of the molecule is CC(=O)N1CCC(Oc2cnc3c(c2)CN(c2cn[nH]c(=O)c2C(F)(F)F)C3)CC1.